The molecule has 0 amide bonds. The van der Waals surface area contributed by atoms with Gasteiger partial charge in [-0.2, -0.15) is 5.26 Å². The first-order valence-electron chi connectivity index (χ1n) is 7.46. The van der Waals surface area contributed by atoms with E-state index < -0.39 is 0 Å². The normalized spacial score (nSPS) is 15.4. The summed E-state index contributed by atoms with van der Waals surface area (Å²) >= 11 is 5.39. The Morgan fingerprint density at radius 1 is 1.27 bits per heavy atom. The van der Waals surface area contributed by atoms with Crippen LogP contribution >= 0.6 is 12.2 Å². The van der Waals surface area contributed by atoms with Crippen molar-refractivity contribution in [2.75, 3.05) is 46.4 Å². The van der Waals surface area contributed by atoms with Crippen LogP contribution in [0, 0.1) is 11.3 Å². The van der Waals surface area contributed by atoms with Crippen molar-refractivity contribution in [3.63, 3.8) is 0 Å². The first-order chi connectivity index (χ1) is 10.7. The number of rotatable bonds is 5. The van der Waals surface area contributed by atoms with E-state index in [2.05, 4.69) is 21.2 Å². The smallest absolute Gasteiger partial charge is 0.169 e. The highest BCUT2D eigenvalue weighted by Crippen LogP contribution is 2.10. The summed E-state index contributed by atoms with van der Waals surface area (Å²) in [6.07, 6.45) is 0. The molecule has 1 aromatic rings. The Morgan fingerprint density at radius 2 is 1.95 bits per heavy atom. The monoisotopic (exact) mass is 318 g/mol. The molecule has 0 atom stereocenters. The predicted octanol–water partition coefficient (Wildman–Crippen LogP) is 1.20. The van der Waals surface area contributed by atoms with Crippen molar-refractivity contribution in [1.29, 1.82) is 5.26 Å². The highest BCUT2D eigenvalue weighted by molar-refractivity contribution is 7.80. The number of nitriles is 1. The Hall–Kier alpha value is -1.68. The molecule has 2 rings (SSSR count). The maximum absolute atomic E-state index is 8.82. The molecule has 118 valence electrons. The molecule has 0 aliphatic carbocycles. The zero-order valence-corrected chi connectivity index (χ0v) is 13.7. The van der Waals surface area contributed by atoms with Crippen molar-refractivity contribution in [3.05, 3.63) is 35.4 Å². The van der Waals surface area contributed by atoms with Gasteiger partial charge in [-0.3, -0.25) is 4.90 Å². The molecule has 1 heterocycles. The van der Waals surface area contributed by atoms with Crippen LogP contribution < -0.4 is 5.32 Å². The van der Waals surface area contributed by atoms with Gasteiger partial charge in [0.2, 0.25) is 0 Å². The van der Waals surface area contributed by atoms with Gasteiger partial charge in [0.05, 0.1) is 18.2 Å². The van der Waals surface area contributed by atoms with E-state index in [4.69, 9.17) is 22.2 Å². The fourth-order valence-electron chi connectivity index (χ4n) is 2.42. The fourth-order valence-corrected chi connectivity index (χ4v) is 2.71. The van der Waals surface area contributed by atoms with Crippen molar-refractivity contribution < 1.29 is 4.74 Å². The Balaban J connectivity index is 1.74. The summed E-state index contributed by atoms with van der Waals surface area (Å²) in [5, 5.41) is 12.8. The molecule has 5 nitrogen and oxygen atoms in total. The van der Waals surface area contributed by atoms with Crippen LogP contribution in [0.25, 0.3) is 0 Å². The number of nitrogens with one attached hydrogen (secondary N) is 1. The highest BCUT2D eigenvalue weighted by atomic mass is 32.1. The number of piperazine rings is 1. The Bertz CT molecular complexity index is 518. The van der Waals surface area contributed by atoms with E-state index in [1.54, 1.807) is 7.11 Å². The van der Waals surface area contributed by atoms with Gasteiger partial charge in [0.15, 0.2) is 5.11 Å². The van der Waals surface area contributed by atoms with Crippen LogP contribution in [-0.4, -0.2) is 61.4 Å². The zero-order valence-electron chi connectivity index (χ0n) is 12.9. The lowest BCUT2D eigenvalue weighted by molar-refractivity contribution is 0.172. The number of nitrogens with zero attached hydrogens (tertiary/aromatic N) is 3. The summed E-state index contributed by atoms with van der Waals surface area (Å²) in [4.78, 5) is 4.62. The summed E-state index contributed by atoms with van der Waals surface area (Å²) in [7, 11) is 1.69. The molecule has 1 aliphatic rings. The molecule has 1 aromatic carbocycles. The number of ether oxygens (including phenoxy) is 1. The van der Waals surface area contributed by atoms with Crippen LogP contribution in [0.5, 0.6) is 0 Å². The molecular weight excluding hydrogens is 296 g/mol. The Morgan fingerprint density at radius 3 is 2.55 bits per heavy atom. The van der Waals surface area contributed by atoms with Crippen molar-refractivity contribution in [2.24, 2.45) is 0 Å². The Kier molecular flexibility index (Phi) is 6.59. The van der Waals surface area contributed by atoms with Gasteiger partial charge in [0.25, 0.3) is 0 Å². The third-order valence-electron chi connectivity index (χ3n) is 3.73. The molecule has 0 saturated carbocycles. The predicted molar refractivity (Wildman–Crippen MR) is 90.5 cm³/mol. The van der Waals surface area contributed by atoms with Gasteiger partial charge in [-0.1, -0.05) is 12.1 Å². The van der Waals surface area contributed by atoms with Crippen molar-refractivity contribution in [2.45, 2.75) is 6.54 Å². The molecular formula is C16H22N4OS. The summed E-state index contributed by atoms with van der Waals surface area (Å²) in [6, 6.07) is 9.96. The topological polar surface area (TPSA) is 51.5 Å². The summed E-state index contributed by atoms with van der Waals surface area (Å²) in [6.45, 7) is 6.20. The maximum Gasteiger partial charge on any atom is 0.169 e. The van der Waals surface area contributed by atoms with Gasteiger partial charge >= 0.3 is 0 Å². The highest BCUT2D eigenvalue weighted by Gasteiger charge is 2.18. The molecule has 1 N–H and O–H groups in total. The van der Waals surface area contributed by atoms with Crippen molar-refractivity contribution in [1.82, 2.24) is 15.1 Å². The first-order valence-corrected chi connectivity index (χ1v) is 7.87. The molecule has 0 spiro atoms. The number of methoxy groups -OCH3 is 1. The van der Waals surface area contributed by atoms with Crippen LogP contribution in [0.4, 0.5) is 0 Å². The molecule has 0 aromatic heterocycles. The third-order valence-corrected chi connectivity index (χ3v) is 4.13. The van der Waals surface area contributed by atoms with E-state index in [9.17, 15) is 0 Å². The maximum atomic E-state index is 8.82. The molecule has 1 saturated heterocycles. The molecule has 1 aliphatic heterocycles. The van der Waals surface area contributed by atoms with Crippen LogP contribution in [0.15, 0.2) is 24.3 Å². The van der Waals surface area contributed by atoms with Crippen LogP contribution in [0.3, 0.4) is 0 Å². The number of hydrogen-bond acceptors (Lipinski definition) is 4. The van der Waals surface area contributed by atoms with Gasteiger partial charge in [-0.05, 0) is 29.9 Å². The van der Waals surface area contributed by atoms with E-state index in [1.807, 2.05) is 24.3 Å². The summed E-state index contributed by atoms with van der Waals surface area (Å²) < 4.78 is 5.01. The van der Waals surface area contributed by atoms with Gasteiger partial charge < -0.3 is 15.0 Å². The van der Waals surface area contributed by atoms with Crippen molar-refractivity contribution in [3.8, 4) is 6.07 Å². The summed E-state index contributed by atoms with van der Waals surface area (Å²) in [5.41, 5.74) is 1.95. The lowest BCUT2D eigenvalue weighted by atomic mass is 10.1. The average Bonchev–Trinajstić information content (AvgIpc) is 2.56. The minimum atomic E-state index is 0.665. The van der Waals surface area contributed by atoms with Gasteiger partial charge in [-0.15, -0.1) is 0 Å². The largest absolute Gasteiger partial charge is 0.383 e. The van der Waals surface area contributed by atoms with Gasteiger partial charge in [-0.25, -0.2) is 0 Å². The number of thiocarbonyl (C=S) groups is 1. The van der Waals surface area contributed by atoms with Gasteiger partial charge in [0.1, 0.15) is 0 Å². The molecule has 0 radical (unpaired) electrons. The lowest BCUT2D eigenvalue weighted by Crippen LogP contribution is -2.51. The minimum Gasteiger partial charge on any atom is -0.383 e. The van der Waals surface area contributed by atoms with Crippen LogP contribution in [-0.2, 0) is 11.3 Å². The summed E-state index contributed by atoms with van der Waals surface area (Å²) in [5.74, 6) is 0. The van der Waals surface area contributed by atoms with E-state index >= 15 is 0 Å². The van der Waals surface area contributed by atoms with Crippen molar-refractivity contribution >= 4 is 17.3 Å². The quantitative estimate of drug-likeness (QED) is 0.650. The van der Waals surface area contributed by atoms with Crippen LogP contribution in [0.1, 0.15) is 11.1 Å². The van der Waals surface area contributed by atoms with E-state index in [0.717, 1.165) is 44.4 Å². The third kappa shape index (κ3) is 4.95. The average molecular weight is 318 g/mol. The van der Waals surface area contributed by atoms with E-state index in [1.165, 1.54) is 5.56 Å². The fraction of sp³-hybridized carbons (Fsp3) is 0.500. The molecule has 22 heavy (non-hydrogen) atoms. The van der Waals surface area contributed by atoms with Crippen LogP contribution in [0.2, 0.25) is 0 Å². The standard InChI is InChI=1S/C16H22N4OS/c1-21-11-6-18-16(22)20-9-7-19(8-10-20)13-15-4-2-14(12-17)3-5-15/h2-5H,6-11,13H2,1H3,(H,18,22). The zero-order chi connectivity index (χ0) is 15.8. The molecule has 0 unspecified atom stereocenters. The molecule has 1 fully saturated rings. The van der Waals surface area contributed by atoms with Gasteiger partial charge in [0, 0.05) is 46.4 Å². The minimum absolute atomic E-state index is 0.665. The Labute approximate surface area is 137 Å². The number of hydrogen-bond donors (Lipinski definition) is 1. The second-order valence-electron chi connectivity index (χ2n) is 5.30. The lowest BCUT2D eigenvalue weighted by Gasteiger charge is -2.36. The SMILES string of the molecule is COCCNC(=S)N1CCN(Cc2ccc(C#N)cc2)CC1. The number of benzene rings is 1. The second kappa shape index (κ2) is 8.69. The van der Waals surface area contributed by atoms with E-state index in [0.29, 0.717) is 12.2 Å². The van der Waals surface area contributed by atoms with E-state index in [-0.39, 0.29) is 0 Å². The molecule has 0 bridgehead atoms. The second-order valence-corrected chi connectivity index (χ2v) is 5.68. The first kappa shape index (κ1) is 16.7. The molecule has 6 heteroatoms.